The zero-order chi connectivity index (χ0) is 16.5. The van der Waals surface area contributed by atoms with E-state index < -0.39 is 0 Å². The maximum Gasteiger partial charge on any atom is 0.257 e. The van der Waals surface area contributed by atoms with Gasteiger partial charge in [0.15, 0.2) is 11.5 Å². The van der Waals surface area contributed by atoms with Crippen molar-refractivity contribution < 1.29 is 19.1 Å². The Kier molecular flexibility index (Phi) is 4.04. The van der Waals surface area contributed by atoms with E-state index in [0.29, 0.717) is 49.8 Å². The Morgan fingerprint density at radius 1 is 1.08 bits per heavy atom. The lowest BCUT2D eigenvalue weighted by molar-refractivity contribution is -0.130. The van der Waals surface area contributed by atoms with Gasteiger partial charge in [-0.3, -0.25) is 9.59 Å². The van der Waals surface area contributed by atoms with Crippen molar-refractivity contribution in [2.24, 2.45) is 0 Å². The molecule has 24 heavy (non-hydrogen) atoms. The summed E-state index contributed by atoms with van der Waals surface area (Å²) in [4.78, 5) is 28.6. The second-order valence-corrected chi connectivity index (χ2v) is 6.54. The van der Waals surface area contributed by atoms with E-state index in [9.17, 15) is 9.59 Å². The van der Waals surface area contributed by atoms with Crippen molar-refractivity contribution in [2.45, 2.75) is 31.7 Å². The first-order chi connectivity index (χ1) is 11.7. The van der Waals surface area contributed by atoms with Gasteiger partial charge in [-0.05, 0) is 31.4 Å². The van der Waals surface area contributed by atoms with Gasteiger partial charge in [-0.2, -0.15) is 0 Å². The number of hydrogen-bond donors (Lipinski definition) is 0. The Labute approximate surface area is 141 Å². The number of hydrogen-bond acceptors (Lipinski definition) is 4. The summed E-state index contributed by atoms with van der Waals surface area (Å²) < 4.78 is 11.2. The van der Waals surface area contributed by atoms with Gasteiger partial charge in [-0.1, -0.05) is 6.07 Å². The van der Waals surface area contributed by atoms with Gasteiger partial charge in [0, 0.05) is 32.1 Å². The van der Waals surface area contributed by atoms with Gasteiger partial charge < -0.3 is 19.3 Å². The molecule has 0 saturated carbocycles. The number of likely N-dealkylation sites (tertiary alicyclic amines) is 2. The second kappa shape index (κ2) is 6.34. The highest BCUT2D eigenvalue weighted by atomic mass is 16.6. The third-order valence-corrected chi connectivity index (χ3v) is 5.10. The number of ether oxygens (including phenoxy) is 2. The molecule has 0 bridgehead atoms. The molecule has 3 aliphatic rings. The summed E-state index contributed by atoms with van der Waals surface area (Å²) in [7, 11) is 0. The maximum absolute atomic E-state index is 12.9. The summed E-state index contributed by atoms with van der Waals surface area (Å²) in [5, 5.41) is 0. The lowest BCUT2D eigenvalue weighted by Crippen LogP contribution is -2.47. The number of para-hydroxylation sites is 1. The average Bonchev–Trinajstić information content (AvgIpc) is 3.07. The van der Waals surface area contributed by atoms with Crippen LogP contribution in [0.1, 0.15) is 36.0 Å². The fourth-order valence-electron chi connectivity index (χ4n) is 3.85. The molecule has 0 atom stereocenters. The van der Waals surface area contributed by atoms with Crippen molar-refractivity contribution in [3.05, 3.63) is 23.8 Å². The zero-order valence-electron chi connectivity index (χ0n) is 13.7. The molecule has 128 valence electrons. The molecule has 2 saturated heterocycles. The number of piperidine rings is 1. The van der Waals surface area contributed by atoms with E-state index >= 15 is 0 Å². The van der Waals surface area contributed by atoms with Crippen LogP contribution in [0.5, 0.6) is 11.5 Å². The summed E-state index contributed by atoms with van der Waals surface area (Å²) in [6.07, 6.45) is 3.34. The number of fused-ring (bicyclic) bond motifs is 1. The summed E-state index contributed by atoms with van der Waals surface area (Å²) in [6, 6.07) is 5.74. The molecule has 1 aromatic carbocycles. The lowest BCUT2D eigenvalue weighted by Gasteiger charge is -2.37. The van der Waals surface area contributed by atoms with Crippen molar-refractivity contribution >= 4 is 11.8 Å². The fourth-order valence-corrected chi connectivity index (χ4v) is 3.85. The van der Waals surface area contributed by atoms with Gasteiger partial charge in [0.05, 0.1) is 5.56 Å². The average molecular weight is 330 g/mol. The third kappa shape index (κ3) is 2.70. The van der Waals surface area contributed by atoms with Crippen molar-refractivity contribution in [3.63, 3.8) is 0 Å². The normalized spacial score (nSPS) is 21.2. The molecule has 0 aromatic heterocycles. The van der Waals surface area contributed by atoms with E-state index in [2.05, 4.69) is 0 Å². The van der Waals surface area contributed by atoms with Crippen LogP contribution in [-0.2, 0) is 4.79 Å². The topological polar surface area (TPSA) is 59.1 Å². The third-order valence-electron chi connectivity index (χ3n) is 5.10. The van der Waals surface area contributed by atoms with Gasteiger partial charge in [-0.15, -0.1) is 0 Å². The van der Waals surface area contributed by atoms with Gasteiger partial charge >= 0.3 is 0 Å². The van der Waals surface area contributed by atoms with Gasteiger partial charge in [0.1, 0.15) is 13.2 Å². The fraction of sp³-hybridized carbons (Fsp3) is 0.556. The number of nitrogens with zero attached hydrogens (tertiary/aromatic N) is 2. The maximum atomic E-state index is 12.9. The number of rotatable bonds is 2. The predicted octanol–water partition coefficient (Wildman–Crippen LogP) is 1.68. The molecule has 0 aliphatic carbocycles. The summed E-state index contributed by atoms with van der Waals surface area (Å²) in [6.45, 7) is 3.21. The first-order valence-corrected chi connectivity index (χ1v) is 8.71. The summed E-state index contributed by atoms with van der Waals surface area (Å²) in [5.41, 5.74) is 0.572. The van der Waals surface area contributed by atoms with Crippen molar-refractivity contribution in [3.8, 4) is 11.5 Å². The molecule has 1 aromatic rings. The van der Waals surface area contributed by atoms with E-state index in [1.54, 1.807) is 6.07 Å². The van der Waals surface area contributed by atoms with E-state index in [4.69, 9.17) is 9.47 Å². The molecule has 0 radical (unpaired) electrons. The van der Waals surface area contributed by atoms with E-state index in [1.165, 1.54) is 0 Å². The smallest absolute Gasteiger partial charge is 0.257 e. The van der Waals surface area contributed by atoms with Crippen molar-refractivity contribution in [1.82, 2.24) is 9.80 Å². The standard InChI is InChI=1S/C18H22N2O4/c21-16-5-2-8-20(16)13-6-9-19(10-7-13)18(22)14-3-1-4-15-17(14)24-12-11-23-15/h1,3-4,13H,2,5-12H2. The number of carbonyl (C=O) groups is 2. The number of amides is 2. The van der Waals surface area contributed by atoms with Crippen LogP contribution < -0.4 is 9.47 Å². The molecule has 3 aliphatic heterocycles. The van der Waals surface area contributed by atoms with Crippen LogP contribution in [0.4, 0.5) is 0 Å². The Morgan fingerprint density at radius 2 is 1.88 bits per heavy atom. The predicted molar refractivity (Wildman–Crippen MR) is 87.3 cm³/mol. The Hall–Kier alpha value is -2.24. The highest BCUT2D eigenvalue weighted by Gasteiger charge is 2.33. The highest BCUT2D eigenvalue weighted by molar-refractivity contribution is 5.98. The molecule has 0 spiro atoms. The molecule has 6 heteroatoms. The first kappa shape index (κ1) is 15.3. The second-order valence-electron chi connectivity index (χ2n) is 6.54. The van der Waals surface area contributed by atoms with Crippen LogP contribution in [0.25, 0.3) is 0 Å². The molecule has 4 rings (SSSR count). The molecule has 2 amide bonds. The molecule has 6 nitrogen and oxygen atoms in total. The van der Waals surface area contributed by atoms with E-state index in [1.807, 2.05) is 21.9 Å². The van der Waals surface area contributed by atoms with Crippen LogP contribution >= 0.6 is 0 Å². The lowest BCUT2D eigenvalue weighted by atomic mass is 10.0. The molecular weight excluding hydrogens is 308 g/mol. The monoisotopic (exact) mass is 330 g/mol. The number of benzene rings is 1. The van der Waals surface area contributed by atoms with Crippen molar-refractivity contribution in [1.29, 1.82) is 0 Å². The minimum atomic E-state index is -0.0106. The Balaban J connectivity index is 1.44. The van der Waals surface area contributed by atoms with Crippen LogP contribution in [0, 0.1) is 0 Å². The summed E-state index contributed by atoms with van der Waals surface area (Å²) >= 11 is 0. The Morgan fingerprint density at radius 3 is 2.62 bits per heavy atom. The van der Waals surface area contributed by atoms with E-state index in [0.717, 1.165) is 25.8 Å². The van der Waals surface area contributed by atoms with Crippen LogP contribution in [0.3, 0.4) is 0 Å². The Bertz CT molecular complexity index is 652. The first-order valence-electron chi connectivity index (χ1n) is 8.71. The molecule has 0 N–H and O–H groups in total. The summed E-state index contributed by atoms with van der Waals surface area (Å²) in [5.74, 6) is 1.46. The zero-order valence-corrected chi connectivity index (χ0v) is 13.7. The van der Waals surface area contributed by atoms with Gasteiger partial charge in [0.2, 0.25) is 5.91 Å². The minimum Gasteiger partial charge on any atom is -0.486 e. The largest absolute Gasteiger partial charge is 0.486 e. The van der Waals surface area contributed by atoms with Crippen molar-refractivity contribution in [2.75, 3.05) is 32.8 Å². The molecular formula is C18H22N2O4. The number of carbonyl (C=O) groups excluding carboxylic acids is 2. The highest BCUT2D eigenvalue weighted by Crippen LogP contribution is 2.35. The van der Waals surface area contributed by atoms with Gasteiger partial charge in [-0.25, -0.2) is 0 Å². The van der Waals surface area contributed by atoms with Crippen LogP contribution in [0.15, 0.2) is 18.2 Å². The van der Waals surface area contributed by atoms with E-state index in [-0.39, 0.29) is 17.9 Å². The quantitative estimate of drug-likeness (QED) is 0.828. The molecule has 3 heterocycles. The molecule has 2 fully saturated rings. The van der Waals surface area contributed by atoms with Gasteiger partial charge in [0.25, 0.3) is 5.91 Å². The SMILES string of the molecule is O=C(c1cccc2c1OCCO2)N1CCC(N2CCCC2=O)CC1. The minimum absolute atomic E-state index is 0.0106. The molecule has 0 unspecified atom stereocenters. The van der Waals surface area contributed by atoms with Crippen LogP contribution in [0.2, 0.25) is 0 Å². The van der Waals surface area contributed by atoms with Crippen LogP contribution in [-0.4, -0.2) is 60.5 Å².